The molecule has 1 saturated heterocycles. The van der Waals surface area contributed by atoms with E-state index in [-0.39, 0.29) is 11.8 Å². The molecule has 144 valence electrons. The van der Waals surface area contributed by atoms with E-state index in [1.54, 1.807) is 13.8 Å². The summed E-state index contributed by atoms with van der Waals surface area (Å²) in [6.07, 6.45) is 1.19. The molecule has 1 fully saturated rings. The summed E-state index contributed by atoms with van der Waals surface area (Å²) in [6, 6.07) is 9.31. The van der Waals surface area contributed by atoms with Crippen LogP contribution in [0.4, 0.5) is 0 Å². The lowest BCUT2D eigenvalue weighted by molar-refractivity contribution is -0.127. The normalized spacial score (nSPS) is 16.0. The van der Waals surface area contributed by atoms with Gasteiger partial charge in [0.05, 0.1) is 5.69 Å². The molecule has 0 spiro atoms. The van der Waals surface area contributed by atoms with Gasteiger partial charge < -0.3 is 15.0 Å². The Hall–Kier alpha value is -2.48. The molecule has 1 N–H and O–H groups in total. The van der Waals surface area contributed by atoms with Crippen molar-refractivity contribution in [2.75, 3.05) is 19.6 Å². The summed E-state index contributed by atoms with van der Waals surface area (Å²) < 4.78 is 9.47. The molecule has 1 atom stereocenters. The number of rotatable bonds is 6. The molecule has 2 heterocycles. The number of benzene rings is 1. The summed E-state index contributed by atoms with van der Waals surface area (Å²) in [5, 5.41) is 6.87. The van der Waals surface area contributed by atoms with Crippen molar-refractivity contribution in [2.24, 2.45) is 5.92 Å². The molecule has 1 aromatic carbocycles. The summed E-state index contributed by atoms with van der Waals surface area (Å²) in [7, 11) is 0. The van der Waals surface area contributed by atoms with E-state index >= 15 is 0 Å². The van der Waals surface area contributed by atoms with Gasteiger partial charge in [-0.2, -0.15) is 0 Å². The van der Waals surface area contributed by atoms with Gasteiger partial charge in [-0.15, -0.1) is 5.10 Å². The maximum absolute atomic E-state index is 12.5. The second-order valence-electron chi connectivity index (χ2n) is 6.74. The maximum Gasteiger partial charge on any atom is 0.267 e. The van der Waals surface area contributed by atoms with E-state index in [2.05, 4.69) is 14.9 Å². The lowest BCUT2D eigenvalue weighted by Crippen LogP contribution is -2.43. The number of amides is 2. The van der Waals surface area contributed by atoms with Crippen LogP contribution in [0.3, 0.4) is 0 Å². The Kier molecular flexibility index (Phi) is 6.39. The molecule has 8 heteroatoms. The number of hydrogen-bond acceptors (Lipinski definition) is 6. The van der Waals surface area contributed by atoms with Gasteiger partial charge in [0.2, 0.25) is 0 Å². The number of nitrogens with one attached hydrogen (secondary N) is 1. The zero-order valence-electron chi connectivity index (χ0n) is 15.6. The summed E-state index contributed by atoms with van der Waals surface area (Å²) in [4.78, 5) is 27.2. The van der Waals surface area contributed by atoms with Crippen molar-refractivity contribution in [2.45, 2.75) is 32.8 Å². The quantitative estimate of drug-likeness (QED) is 0.821. The predicted molar refractivity (Wildman–Crippen MR) is 103 cm³/mol. The number of carbonyl (C=O) groups is 2. The molecule has 0 radical (unpaired) electrons. The molecular weight excluding hydrogens is 364 g/mol. The third kappa shape index (κ3) is 5.03. The van der Waals surface area contributed by atoms with Gasteiger partial charge in [-0.05, 0) is 56.3 Å². The van der Waals surface area contributed by atoms with E-state index in [9.17, 15) is 9.59 Å². The largest absolute Gasteiger partial charge is 0.481 e. The fourth-order valence-electron chi connectivity index (χ4n) is 3.06. The monoisotopic (exact) mass is 388 g/mol. The lowest BCUT2D eigenvalue weighted by atomic mass is 9.96. The Balaban J connectivity index is 1.41. The van der Waals surface area contributed by atoms with Crippen molar-refractivity contribution in [1.82, 2.24) is 19.8 Å². The third-order valence-corrected chi connectivity index (χ3v) is 5.55. The molecule has 0 saturated carbocycles. The highest BCUT2D eigenvalue weighted by atomic mass is 32.1. The average Bonchev–Trinajstić information content (AvgIpc) is 3.12. The molecular formula is C19H24N4O3S. The van der Waals surface area contributed by atoms with Gasteiger partial charge >= 0.3 is 0 Å². The van der Waals surface area contributed by atoms with Gasteiger partial charge in [0.25, 0.3) is 11.8 Å². The van der Waals surface area contributed by atoms with Gasteiger partial charge in [-0.3, -0.25) is 9.59 Å². The van der Waals surface area contributed by atoms with Crippen LogP contribution in [0.15, 0.2) is 30.3 Å². The molecule has 0 aliphatic carbocycles. The van der Waals surface area contributed by atoms with Crippen molar-refractivity contribution >= 4 is 23.3 Å². The first-order valence-electron chi connectivity index (χ1n) is 9.12. The van der Waals surface area contributed by atoms with E-state index < -0.39 is 6.10 Å². The molecule has 3 rings (SSSR count). The molecule has 0 bridgehead atoms. The smallest absolute Gasteiger partial charge is 0.267 e. The Morgan fingerprint density at radius 3 is 2.63 bits per heavy atom. The minimum atomic E-state index is -0.545. The first-order valence-corrected chi connectivity index (χ1v) is 9.89. The molecule has 7 nitrogen and oxygen atoms in total. The third-order valence-electron chi connectivity index (χ3n) is 4.74. The number of piperidine rings is 1. The van der Waals surface area contributed by atoms with Gasteiger partial charge in [-0.1, -0.05) is 22.7 Å². The molecule has 1 aliphatic heterocycles. The summed E-state index contributed by atoms with van der Waals surface area (Å²) in [5.74, 6) is 0.931. The van der Waals surface area contributed by atoms with Gasteiger partial charge in [0.15, 0.2) is 6.10 Å². The Labute approximate surface area is 162 Å². The van der Waals surface area contributed by atoms with Crippen LogP contribution in [0.2, 0.25) is 0 Å². The second kappa shape index (κ2) is 8.94. The highest BCUT2D eigenvalue weighted by Gasteiger charge is 2.26. The fourth-order valence-corrected chi connectivity index (χ4v) is 3.68. The summed E-state index contributed by atoms with van der Waals surface area (Å²) in [5.41, 5.74) is 0.687. The van der Waals surface area contributed by atoms with Crippen molar-refractivity contribution in [3.63, 3.8) is 0 Å². The van der Waals surface area contributed by atoms with Gasteiger partial charge in [-0.25, -0.2) is 0 Å². The standard InChI is InChI=1S/C19H24N4O3S/c1-13-17(27-22-21-13)19(25)23-10-8-15(9-11-23)12-20-18(24)14(2)26-16-6-4-3-5-7-16/h3-7,14-15H,8-12H2,1-2H3,(H,20,24). The first kappa shape index (κ1) is 19.3. The van der Waals surface area contributed by atoms with E-state index in [1.807, 2.05) is 35.2 Å². The van der Waals surface area contributed by atoms with E-state index in [1.165, 1.54) is 0 Å². The SMILES string of the molecule is Cc1nnsc1C(=O)N1CCC(CNC(=O)C(C)Oc2ccccc2)CC1. The van der Waals surface area contributed by atoms with Crippen molar-refractivity contribution < 1.29 is 14.3 Å². The zero-order valence-corrected chi connectivity index (χ0v) is 16.4. The maximum atomic E-state index is 12.5. The highest BCUT2D eigenvalue weighted by Crippen LogP contribution is 2.20. The Bertz CT molecular complexity index is 772. The molecule has 2 amide bonds. The predicted octanol–water partition coefficient (Wildman–Crippen LogP) is 2.28. The summed E-state index contributed by atoms with van der Waals surface area (Å²) in [6.45, 7) is 5.52. The van der Waals surface area contributed by atoms with Gasteiger partial charge in [0, 0.05) is 19.6 Å². The van der Waals surface area contributed by atoms with Crippen LogP contribution in [-0.2, 0) is 4.79 Å². The van der Waals surface area contributed by atoms with Crippen LogP contribution in [-0.4, -0.2) is 52.0 Å². The molecule has 2 aromatic rings. The van der Waals surface area contributed by atoms with Gasteiger partial charge in [0.1, 0.15) is 10.6 Å². The number of likely N-dealkylation sites (tertiary alicyclic amines) is 1. The molecule has 1 aliphatic rings. The number of carbonyl (C=O) groups excluding carboxylic acids is 2. The van der Waals surface area contributed by atoms with Crippen LogP contribution in [0.5, 0.6) is 5.75 Å². The van der Waals surface area contributed by atoms with Crippen molar-refractivity contribution in [1.29, 1.82) is 0 Å². The Morgan fingerprint density at radius 2 is 2.00 bits per heavy atom. The number of aryl methyl sites for hydroxylation is 1. The average molecular weight is 388 g/mol. The van der Waals surface area contributed by atoms with E-state index in [0.29, 0.717) is 41.9 Å². The van der Waals surface area contributed by atoms with Crippen LogP contribution in [0.25, 0.3) is 0 Å². The van der Waals surface area contributed by atoms with Crippen LogP contribution in [0.1, 0.15) is 35.1 Å². The van der Waals surface area contributed by atoms with Crippen LogP contribution in [0, 0.1) is 12.8 Å². The number of hydrogen-bond donors (Lipinski definition) is 1. The number of para-hydroxylation sites is 1. The minimum Gasteiger partial charge on any atom is -0.481 e. The Morgan fingerprint density at radius 1 is 1.30 bits per heavy atom. The zero-order chi connectivity index (χ0) is 19.2. The second-order valence-corrected chi connectivity index (χ2v) is 7.50. The highest BCUT2D eigenvalue weighted by molar-refractivity contribution is 7.07. The van der Waals surface area contributed by atoms with E-state index in [0.717, 1.165) is 24.4 Å². The van der Waals surface area contributed by atoms with E-state index in [4.69, 9.17) is 4.74 Å². The number of aromatic nitrogens is 2. The van der Waals surface area contributed by atoms with Crippen LogP contribution >= 0.6 is 11.5 Å². The fraction of sp³-hybridized carbons (Fsp3) is 0.474. The first-order chi connectivity index (χ1) is 13.0. The molecule has 27 heavy (non-hydrogen) atoms. The minimum absolute atomic E-state index is 0.00914. The summed E-state index contributed by atoms with van der Waals surface area (Å²) >= 11 is 1.15. The van der Waals surface area contributed by atoms with Crippen molar-refractivity contribution in [3.8, 4) is 5.75 Å². The van der Waals surface area contributed by atoms with Crippen LogP contribution < -0.4 is 10.1 Å². The van der Waals surface area contributed by atoms with Crippen molar-refractivity contribution in [3.05, 3.63) is 40.9 Å². The topological polar surface area (TPSA) is 84.4 Å². The number of nitrogens with zero attached hydrogens (tertiary/aromatic N) is 3. The lowest BCUT2D eigenvalue weighted by Gasteiger charge is -2.32. The number of ether oxygens (including phenoxy) is 1. The molecule has 1 unspecified atom stereocenters. The molecule has 1 aromatic heterocycles.